The van der Waals surface area contributed by atoms with Gasteiger partial charge in [-0.1, -0.05) is 26.0 Å². The Bertz CT molecular complexity index is 665. The molecule has 0 aliphatic carbocycles. The standard InChI is InChI=1S/C15H17IN2O2/c1-9(2)8-11-13(16)15(19)18-14(17-11)10-6-4-5-7-12(10)20-3/h4-7,9H,8H2,1-3H3,(H,17,18,19). The first kappa shape index (κ1) is 15.0. The highest BCUT2D eigenvalue weighted by Gasteiger charge is 2.13. The van der Waals surface area contributed by atoms with Gasteiger partial charge in [0, 0.05) is 0 Å². The summed E-state index contributed by atoms with van der Waals surface area (Å²) in [4.78, 5) is 19.5. The molecule has 0 amide bonds. The Morgan fingerprint density at radius 3 is 2.70 bits per heavy atom. The maximum atomic E-state index is 12.1. The number of H-pyrrole nitrogens is 1. The molecule has 106 valence electrons. The Morgan fingerprint density at radius 1 is 1.35 bits per heavy atom. The molecule has 1 N–H and O–H groups in total. The zero-order chi connectivity index (χ0) is 14.7. The Hall–Kier alpha value is -1.37. The summed E-state index contributed by atoms with van der Waals surface area (Å²) < 4.78 is 5.99. The number of methoxy groups -OCH3 is 1. The van der Waals surface area contributed by atoms with E-state index in [1.165, 1.54) is 0 Å². The summed E-state index contributed by atoms with van der Waals surface area (Å²) in [7, 11) is 1.61. The van der Waals surface area contributed by atoms with Gasteiger partial charge in [-0.2, -0.15) is 0 Å². The molecular weight excluding hydrogens is 367 g/mol. The highest BCUT2D eigenvalue weighted by molar-refractivity contribution is 14.1. The number of nitrogens with zero attached hydrogens (tertiary/aromatic N) is 1. The molecule has 2 rings (SSSR count). The first-order valence-corrected chi connectivity index (χ1v) is 7.53. The third kappa shape index (κ3) is 3.20. The fourth-order valence-electron chi connectivity index (χ4n) is 2.00. The minimum Gasteiger partial charge on any atom is -0.496 e. The lowest BCUT2D eigenvalue weighted by atomic mass is 10.1. The van der Waals surface area contributed by atoms with Gasteiger partial charge in [0.25, 0.3) is 5.56 Å². The molecule has 0 saturated carbocycles. The fourth-order valence-corrected chi connectivity index (χ4v) is 2.47. The summed E-state index contributed by atoms with van der Waals surface area (Å²) in [6.07, 6.45) is 0.782. The Balaban J connectivity index is 2.58. The van der Waals surface area contributed by atoms with E-state index in [-0.39, 0.29) is 5.56 Å². The topological polar surface area (TPSA) is 55.0 Å². The molecule has 2 aromatic rings. The Kier molecular flexibility index (Phi) is 4.80. The molecule has 0 bridgehead atoms. The number of ether oxygens (including phenoxy) is 1. The summed E-state index contributed by atoms with van der Waals surface area (Å²) >= 11 is 2.05. The van der Waals surface area contributed by atoms with Crippen molar-refractivity contribution in [3.63, 3.8) is 0 Å². The van der Waals surface area contributed by atoms with Crippen LogP contribution in [0.2, 0.25) is 0 Å². The summed E-state index contributed by atoms with van der Waals surface area (Å²) in [5.41, 5.74) is 1.54. The van der Waals surface area contributed by atoms with Crippen molar-refractivity contribution in [2.45, 2.75) is 20.3 Å². The van der Waals surface area contributed by atoms with Crippen LogP contribution in [0.4, 0.5) is 0 Å². The number of aromatic nitrogens is 2. The number of hydrogen-bond donors (Lipinski definition) is 1. The van der Waals surface area contributed by atoms with E-state index in [4.69, 9.17) is 4.74 Å². The van der Waals surface area contributed by atoms with E-state index in [0.29, 0.717) is 21.1 Å². The molecule has 0 aliphatic rings. The van der Waals surface area contributed by atoms with E-state index in [9.17, 15) is 4.79 Å². The van der Waals surface area contributed by atoms with Gasteiger partial charge in [-0.3, -0.25) is 4.79 Å². The molecule has 0 saturated heterocycles. The second kappa shape index (κ2) is 6.39. The predicted molar refractivity (Wildman–Crippen MR) is 88.1 cm³/mol. The molecule has 0 fully saturated rings. The van der Waals surface area contributed by atoms with E-state index < -0.39 is 0 Å². The molecule has 0 spiro atoms. The van der Waals surface area contributed by atoms with Gasteiger partial charge in [0.05, 0.1) is 21.9 Å². The molecular formula is C15H17IN2O2. The van der Waals surface area contributed by atoms with Crippen molar-refractivity contribution < 1.29 is 4.74 Å². The Labute approximate surface area is 131 Å². The van der Waals surface area contributed by atoms with Crippen LogP contribution in [0.5, 0.6) is 5.75 Å². The second-order valence-corrected chi connectivity index (χ2v) is 6.05. The van der Waals surface area contributed by atoms with E-state index >= 15 is 0 Å². The monoisotopic (exact) mass is 384 g/mol. The van der Waals surface area contributed by atoms with Gasteiger partial charge in [0.2, 0.25) is 0 Å². The lowest BCUT2D eigenvalue weighted by molar-refractivity contribution is 0.416. The summed E-state index contributed by atoms with van der Waals surface area (Å²) in [5.74, 6) is 1.71. The average molecular weight is 384 g/mol. The molecule has 1 aromatic carbocycles. The Morgan fingerprint density at radius 2 is 2.05 bits per heavy atom. The number of halogens is 1. The smallest absolute Gasteiger partial charge is 0.264 e. The van der Waals surface area contributed by atoms with Crippen molar-refractivity contribution in [2.75, 3.05) is 7.11 Å². The average Bonchev–Trinajstić information content (AvgIpc) is 2.43. The van der Waals surface area contributed by atoms with Crippen LogP contribution in [0.3, 0.4) is 0 Å². The largest absolute Gasteiger partial charge is 0.496 e. The van der Waals surface area contributed by atoms with Crippen LogP contribution in [0, 0.1) is 9.49 Å². The van der Waals surface area contributed by atoms with Crippen LogP contribution in [-0.4, -0.2) is 17.1 Å². The fraction of sp³-hybridized carbons (Fsp3) is 0.333. The van der Waals surface area contributed by atoms with Gasteiger partial charge in [-0.15, -0.1) is 0 Å². The van der Waals surface area contributed by atoms with Gasteiger partial charge >= 0.3 is 0 Å². The highest BCUT2D eigenvalue weighted by atomic mass is 127. The number of rotatable bonds is 4. The van der Waals surface area contributed by atoms with E-state index in [1.807, 2.05) is 24.3 Å². The number of hydrogen-bond acceptors (Lipinski definition) is 3. The molecule has 0 atom stereocenters. The van der Waals surface area contributed by atoms with Crippen molar-refractivity contribution in [1.82, 2.24) is 9.97 Å². The van der Waals surface area contributed by atoms with E-state index in [1.54, 1.807) is 7.11 Å². The van der Waals surface area contributed by atoms with Crippen molar-refractivity contribution >= 4 is 22.6 Å². The summed E-state index contributed by atoms with van der Waals surface area (Å²) in [6, 6.07) is 7.54. The van der Waals surface area contributed by atoms with Crippen molar-refractivity contribution in [2.24, 2.45) is 5.92 Å². The summed E-state index contributed by atoms with van der Waals surface area (Å²) in [5, 5.41) is 0. The van der Waals surface area contributed by atoms with E-state index in [2.05, 4.69) is 46.4 Å². The number of nitrogens with one attached hydrogen (secondary N) is 1. The van der Waals surface area contributed by atoms with Gasteiger partial charge in [-0.05, 0) is 47.1 Å². The van der Waals surface area contributed by atoms with Crippen molar-refractivity contribution in [3.8, 4) is 17.1 Å². The van der Waals surface area contributed by atoms with Crippen molar-refractivity contribution in [3.05, 3.63) is 43.9 Å². The lowest BCUT2D eigenvalue weighted by Crippen LogP contribution is -2.17. The molecule has 0 aliphatic heterocycles. The highest BCUT2D eigenvalue weighted by Crippen LogP contribution is 2.26. The molecule has 5 heteroatoms. The molecule has 4 nitrogen and oxygen atoms in total. The first-order chi connectivity index (χ1) is 9.52. The minimum atomic E-state index is -0.0999. The molecule has 0 radical (unpaired) electrons. The number of benzene rings is 1. The zero-order valence-electron chi connectivity index (χ0n) is 11.7. The second-order valence-electron chi connectivity index (χ2n) is 4.97. The van der Waals surface area contributed by atoms with Crippen LogP contribution in [-0.2, 0) is 6.42 Å². The van der Waals surface area contributed by atoms with Crippen LogP contribution in [0.1, 0.15) is 19.5 Å². The van der Waals surface area contributed by atoms with Crippen LogP contribution in [0.15, 0.2) is 29.1 Å². The molecule has 1 aromatic heterocycles. The van der Waals surface area contributed by atoms with Crippen molar-refractivity contribution in [1.29, 1.82) is 0 Å². The maximum absolute atomic E-state index is 12.1. The van der Waals surface area contributed by atoms with Gasteiger partial charge < -0.3 is 9.72 Å². The van der Waals surface area contributed by atoms with E-state index in [0.717, 1.165) is 17.7 Å². The minimum absolute atomic E-state index is 0.0999. The molecule has 0 unspecified atom stereocenters. The zero-order valence-corrected chi connectivity index (χ0v) is 13.9. The predicted octanol–water partition coefficient (Wildman–Crippen LogP) is 3.25. The van der Waals surface area contributed by atoms with Gasteiger partial charge in [-0.25, -0.2) is 4.98 Å². The quantitative estimate of drug-likeness (QED) is 0.824. The normalized spacial score (nSPS) is 10.8. The van der Waals surface area contributed by atoms with Gasteiger partial charge in [0.15, 0.2) is 0 Å². The van der Waals surface area contributed by atoms with Crippen LogP contribution >= 0.6 is 22.6 Å². The third-order valence-electron chi connectivity index (χ3n) is 2.90. The number of aromatic amines is 1. The lowest BCUT2D eigenvalue weighted by Gasteiger charge is -2.11. The van der Waals surface area contributed by atoms with Crippen LogP contribution in [0.25, 0.3) is 11.4 Å². The van der Waals surface area contributed by atoms with Gasteiger partial charge in [0.1, 0.15) is 11.6 Å². The third-order valence-corrected chi connectivity index (χ3v) is 4.01. The summed E-state index contributed by atoms with van der Waals surface area (Å²) in [6.45, 7) is 4.23. The number of para-hydroxylation sites is 1. The SMILES string of the molecule is COc1ccccc1-c1nc(CC(C)C)c(I)c(=O)[nH]1. The molecule has 20 heavy (non-hydrogen) atoms. The first-order valence-electron chi connectivity index (χ1n) is 6.45. The molecule has 1 heterocycles. The maximum Gasteiger partial charge on any atom is 0.264 e. The van der Waals surface area contributed by atoms with Crippen LogP contribution < -0.4 is 10.3 Å².